The third kappa shape index (κ3) is 50.9. The standard InChI is InChI=1S/C83H163NO13/c1-3-5-7-9-11-13-15-17-19-21-23-25-27-29-30-31-32-33-34-35-36-37-38-39-40-41-42-43-45-47-49-51-53-55-57-59-61-63-65-67-75(88)84-71(70-94-82-80(93)78(91)81(74(69-86)96-82)97-83-79(92)77(90)76(89)73(68-85)95-83)72(87)66-64-62-60-58-56-54-52-50-48-46-44-28-26-24-22-20-18-16-14-12-10-8-6-4-2/h71-74,76-83,85-87,89-93H,3-70H2,1-2H3,(H,84,88). The van der Waals surface area contributed by atoms with Gasteiger partial charge in [0.25, 0.3) is 0 Å². The van der Waals surface area contributed by atoms with Crippen LogP contribution in [0.5, 0.6) is 0 Å². The van der Waals surface area contributed by atoms with E-state index >= 15 is 0 Å². The summed E-state index contributed by atoms with van der Waals surface area (Å²) in [5.41, 5.74) is 0. The lowest BCUT2D eigenvalue weighted by molar-refractivity contribution is -0.359. The van der Waals surface area contributed by atoms with Gasteiger partial charge in [0, 0.05) is 6.42 Å². The molecule has 2 aliphatic heterocycles. The number of amides is 1. The van der Waals surface area contributed by atoms with Gasteiger partial charge >= 0.3 is 0 Å². The molecule has 97 heavy (non-hydrogen) atoms. The molecule has 0 saturated carbocycles. The maximum Gasteiger partial charge on any atom is 0.220 e. The molecule has 0 aliphatic carbocycles. The van der Waals surface area contributed by atoms with Gasteiger partial charge in [-0.25, -0.2) is 0 Å². The fraction of sp³-hybridized carbons (Fsp3) is 0.988. The molecular weight excluding hydrogens is 1220 g/mol. The highest BCUT2D eigenvalue weighted by Gasteiger charge is 2.51. The maximum absolute atomic E-state index is 13.4. The van der Waals surface area contributed by atoms with Gasteiger partial charge in [0.1, 0.15) is 48.8 Å². The van der Waals surface area contributed by atoms with E-state index in [4.69, 9.17) is 18.9 Å². The lowest BCUT2D eigenvalue weighted by Gasteiger charge is -2.46. The van der Waals surface area contributed by atoms with Crippen molar-refractivity contribution in [3.05, 3.63) is 0 Å². The number of aliphatic hydroxyl groups is 8. The maximum atomic E-state index is 13.4. The second-order valence-corrected chi connectivity index (χ2v) is 30.7. The Morgan fingerprint density at radius 3 is 0.876 bits per heavy atom. The normalized spacial score (nSPS) is 22.0. The van der Waals surface area contributed by atoms with Gasteiger partial charge in [0.2, 0.25) is 5.91 Å². The number of hydrogen-bond donors (Lipinski definition) is 9. The van der Waals surface area contributed by atoms with E-state index < -0.39 is 86.8 Å². The molecule has 9 N–H and O–H groups in total. The highest BCUT2D eigenvalue weighted by atomic mass is 16.7. The smallest absolute Gasteiger partial charge is 0.220 e. The highest BCUT2D eigenvalue weighted by molar-refractivity contribution is 5.76. The fourth-order valence-electron chi connectivity index (χ4n) is 14.8. The Morgan fingerprint density at radius 1 is 0.330 bits per heavy atom. The van der Waals surface area contributed by atoms with Crippen molar-refractivity contribution in [1.82, 2.24) is 5.32 Å². The van der Waals surface area contributed by atoms with Crippen molar-refractivity contribution < 1.29 is 64.6 Å². The molecule has 0 bridgehead atoms. The summed E-state index contributed by atoms with van der Waals surface area (Å²) in [4.78, 5) is 13.4. The molecule has 1 amide bonds. The summed E-state index contributed by atoms with van der Waals surface area (Å²) < 4.78 is 23.0. The number of aliphatic hydroxyl groups excluding tert-OH is 8. The zero-order chi connectivity index (χ0) is 70.1. The Morgan fingerprint density at radius 2 is 0.588 bits per heavy atom. The molecule has 2 heterocycles. The first kappa shape index (κ1) is 92.1. The summed E-state index contributed by atoms with van der Waals surface area (Å²) >= 11 is 0. The second-order valence-electron chi connectivity index (χ2n) is 30.7. The minimum atomic E-state index is -1.78. The van der Waals surface area contributed by atoms with Crippen LogP contribution >= 0.6 is 0 Å². The van der Waals surface area contributed by atoms with Gasteiger partial charge in [0.15, 0.2) is 12.6 Å². The Balaban J connectivity index is 1.54. The highest BCUT2D eigenvalue weighted by Crippen LogP contribution is 2.31. The lowest BCUT2D eigenvalue weighted by atomic mass is 9.97. The molecule has 2 rings (SSSR count). The molecule has 2 saturated heterocycles. The number of unbranched alkanes of at least 4 members (excludes halogenated alkanes) is 61. The van der Waals surface area contributed by atoms with E-state index in [0.717, 1.165) is 51.4 Å². The quantitative estimate of drug-likeness (QED) is 0.0259. The topological polar surface area (TPSA) is 228 Å². The molecule has 0 aromatic heterocycles. The van der Waals surface area contributed by atoms with Crippen LogP contribution in [-0.4, -0.2) is 140 Å². The minimum Gasteiger partial charge on any atom is -0.394 e. The Bertz CT molecular complexity index is 1630. The molecule has 0 radical (unpaired) electrons. The van der Waals surface area contributed by atoms with E-state index in [1.54, 1.807) is 0 Å². The average Bonchev–Trinajstić information content (AvgIpc) is 0.794. The van der Waals surface area contributed by atoms with Crippen LogP contribution in [0, 0.1) is 0 Å². The molecule has 0 spiro atoms. The number of carbonyl (C=O) groups excluding carboxylic acids is 1. The van der Waals surface area contributed by atoms with Crippen LogP contribution in [-0.2, 0) is 23.7 Å². The van der Waals surface area contributed by atoms with Crippen molar-refractivity contribution in [1.29, 1.82) is 0 Å². The zero-order valence-electron chi connectivity index (χ0n) is 63.6. The molecule has 14 nitrogen and oxygen atoms in total. The van der Waals surface area contributed by atoms with Crippen molar-refractivity contribution in [3.8, 4) is 0 Å². The van der Waals surface area contributed by atoms with E-state index in [0.29, 0.717) is 12.8 Å². The number of rotatable bonds is 74. The van der Waals surface area contributed by atoms with E-state index in [1.807, 2.05) is 0 Å². The molecular formula is C83H163NO13. The lowest BCUT2D eigenvalue weighted by Crippen LogP contribution is -2.65. The number of hydrogen-bond acceptors (Lipinski definition) is 13. The van der Waals surface area contributed by atoms with Gasteiger partial charge in [-0.2, -0.15) is 0 Å². The molecule has 12 atom stereocenters. The van der Waals surface area contributed by atoms with E-state index in [2.05, 4.69) is 19.2 Å². The molecule has 2 fully saturated rings. The monoisotopic (exact) mass is 1380 g/mol. The largest absolute Gasteiger partial charge is 0.394 e. The van der Waals surface area contributed by atoms with Crippen molar-refractivity contribution in [2.24, 2.45) is 0 Å². The SMILES string of the molecule is CCCCCCCCCCCCCCCCCCCCCCCCCCCCCCCCCCCCCCCCCC(=O)NC(COC1OC(CO)C(OC2OC(CO)C(O)C(O)C2O)C(O)C1O)C(O)CCCCCCCCCCCCCCCCCCCCCCCCCC. The summed E-state index contributed by atoms with van der Waals surface area (Å²) in [6.07, 6.45) is 68.9. The molecule has 2 aliphatic rings. The molecule has 0 aromatic carbocycles. The number of carbonyl (C=O) groups is 1. The van der Waals surface area contributed by atoms with Gasteiger partial charge in [-0.3, -0.25) is 4.79 Å². The summed E-state index contributed by atoms with van der Waals surface area (Å²) in [7, 11) is 0. The third-order valence-electron chi connectivity index (χ3n) is 21.6. The summed E-state index contributed by atoms with van der Waals surface area (Å²) in [5, 5.41) is 87.9. The van der Waals surface area contributed by atoms with Crippen molar-refractivity contribution in [2.45, 2.75) is 505 Å². The summed E-state index contributed by atoms with van der Waals surface area (Å²) in [5.74, 6) is -0.194. The Labute approximate surface area is 597 Å². The van der Waals surface area contributed by atoms with Crippen LogP contribution in [0.15, 0.2) is 0 Å². The zero-order valence-corrected chi connectivity index (χ0v) is 63.6. The molecule has 12 unspecified atom stereocenters. The molecule has 578 valence electrons. The molecule has 14 heteroatoms. The van der Waals surface area contributed by atoms with E-state index in [9.17, 15) is 45.6 Å². The van der Waals surface area contributed by atoms with E-state index in [1.165, 1.54) is 353 Å². The Hall–Kier alpha value is -1.01. The van der Waals surface area contributed by atoms with Gasteiger partial charge in [-0.1, -0.05) is 412 Å². The number of nitrogens with one attached hydrogen (secondary N) is 1. The first-order valence-corrected chi connectivity index (χ1v) is 42.8. The summed E-state index contributed by atoms with van der Waals surface area (Å²) in [6.45, 7) is 2.95. The minimum absolute atomic E-state index is 0.194. The molecule has 0 aromatic rings. The number of ether oxygens (including phenoxy) is 4. The van der Waals surface area contributed by atoms with Gasteiger partial charge < -0.3 is 65.1 Å². The second kappa shape index (κ2) is 68.1. The van der Waals surface area contributed by atoms with Crippen molar-refractivity contribution >= 4 is 5.91 Å². The Kier molecular flexibility index (Phi) is 64.7. The predicted molar refractivity (Wildman–Crippen MR) is 402 cm³/mol. The third-order valence-corrected chi connectivity index (χ3v) is 21.6. The summed E-state index contributed by atoms with van der Waals surface area (Å²) in [6, 6.07) is -0.826. The van der Waals surface area contributed by atoms with Crippen LogP contribution in [0.3, 0.4) is 0 Å². The first-order valence-electron chi connectivity index (χ1n) is 42.8. The van der Waals surface area contributed by atoms with Crippen molar-refractivity contribution in [3.63, 3.8) is 0 Å². The van der Waals surface area contributed by atoms with Crippen LogP contribution in [0.25, 0.3) is 0 Å². The van der Waals surface area contributed by atoms with Crippen LogP contribution in [0.4, 0.5) is 0 Å². The first-order chi connectivity index (χ1) is 47.6. The fourth-order valence-corrected chi connectivity index (χ4v) is 14.8. The predicted octanol–water partition coefficient (Wildman–Crippen LogP) is 19.9. The van der Waals surface area contributed by atoms with Gasteiger partial charge in [-0.15, -0.1) is 0 Å². The van der Waals surface area contributed by atoms with Crippen LogP contribution in [0.2, 0.25) is 0 Å². The van der Waals surface area contributed by atoms with Gasteiger partial charge in [0.05, 0.1) is 32.0 Å². The van der Waals surface area contributed by atoms with Crippen LogP contribution in [0.1, 0.15) is 431 Å². The van der Waals surface area contributed by atoms with Crippen LogP contribution < -0.4 is 5.32 Å². The van der Waals surface area contributed by atoms with Gasteiger partial charge in [-0.05, 0) is 12.8 Å². The van der Waals surface area contributed by atoms with Crippen molar-refractivity contribution in [2.75, 3.05) is 19.8 Å². The average molecular weight is 1380 g/mol. The van der Waals surface area contributed by atoms with E-state index in [-0.39, 0.29) is 12.5 Å².